The summed E-state index contributed by atoms with van der Waals surface area (Å²) < 4.78 is 16.8. The number of fused-ring (bicyclic) bond motifs is 1. The zero-order valence-electron chi connectivity index (χ0n) is 17.1. The normalized spacial score (nSPS) is 11.0. The molecule has 156 valence electrons. The summed E-state index contributed by atoms with van der Waals surface area (Å²) in [6.07, 6.45) is 1.56. The van der Waals surface area contributed by atoms with Gasteiger partial charge in [0.2, 0.25) is 0 Å². The molecule has 0 radical (unpaired) electrons. The lowest BCUT2D eigenvalue weighted by molar-refractivity contribution is 0.0929. The van der Waals surface area contributed by atoms with Gasteiger partial charge in [0.1, 0.15) is 23.7 Å². The van der Waals surface area contributed by atoms with E-state index in [1.807, 2.05) is 73.7 Å². The SMILES string of the molecule is CCOc1ccc2oc(C(=O)N/N=C/c3ccc(OCc4ccccc4)cc3)cc2c1. The zero-order valence-corrected chi connectivity index (χ0v) is 17.1. The van der Waals surface area contributed by atoms with E-state index < -0.39 is 5.91 Å². The van der Waals surface area contributed by atoms with Crippen molar-refractivity contribution < 1.29 is 18.7 Å². The van der Waals surface area contributed by atoms with Crippen LogP contribution >= 0.6 is 0 Å². The summed E-state index contributed by atoms with van der Waals surface area (Å²) in [5, 5.41) is 4.81. The third kappa shape index (κ3) is 5.30. The Morgan fingerprint density at radius 3 is 2.52 bits per heavy atom. The molecular weight excluding hydrogens is 392 g/mol. The number of hydrogen-bond acceptors (Lipinski definition) is 5. The van der Waals surface area contributed by atoms with Crippen LogP contribution < -0.4 is 14.9 Å². The second kappa shape index (κ2) is 9.63. The van der Waals surface area contributed by atoms with Crippen molar-refractivity contribution in [3.8, 4) is 11.5 Å². The van der Waals surface area contributed by atoms with E-state index in [0.717, 1.165) is 28.0 Å². The molecule has 6 heteroatoms. The molecule has 0 saturated heterocycles. The van der Waals surface area contributed by atoms with E-state index in [0.29, 0.717) is 18.8 Å². The van der Waals surface area contributed by atoms with Gasteiger partial charge in [0, 0.05) is 5.39 Å². The smallest absolute Gasteiger partial charge is 0.307 e. The molecule has 4 rings (SSSR count). The van der Waals surface area contributed by atoms with Gasteiger partial charge in [-0.2, -0.15) is 5.10 Å². The van der Waals surface area contributed by atoms with Crippen LogP contribution in [0.4, 0.5) is 0 Å². The Bertz CT molecular complexity index is 1180. The van der Waals surface area contributed by atoms with Crippen molar-refractivity contribution >= 4 is 23.1 Å². The molecule has 31 heavy (non-hydrogen) atoms. The number of amides is 1. The van der Waals surface area contributed by atoms with E-state index in [4.69, 9.17) is 13.9 Å². The summed E-state index contributed by atoms with van der Waals surface area (Å²) in [4.78, 5) is 12.3. The van der Waals surface area contributed by atoms with Crippen molar-refractivity contribution in [2.75, 3.05) is 6.61 Å². The molecule has 1 N–H and O–H groups in total. The predicted octanol–water partition coefficient (Wildman–Crippen LogP) is 5.17. The number of benzene rings is 3. The number of ether oxygens (including phenoxy) is 2. The molecule has 0 fully saturated rings. The van der Waals surface area contributed by atoms with Gasteiger partial charge in [-0.15, -0.1) is 0 Å². The highest BCUT2D eigenvalue weighted by Gasteiger charge is 2.12. The number of hydrogen-bond donors (Lipinski definition) is 1. The topological polar surface area (TPSA) is 73.1 Å². The fourth-order valence-electron chi connectivity index (χ4n) is 3.00. The summed E-state index contributed by atoms with van der Waals surface area (Å²) in [5.41, 5.74) is 5.04. The Morgan fingerprint density at radius 2 is 1.74 bits per heavy atom. The van der Waals surface area contributed by atoms with E-state index in [1.165, 1.54) is 0 Å². The summed E-state index contributed by atoms with van der Waals surface area (Å²) in [7, 11) is 0. The molecule has 3 aromatic carbocycles. The van der Waals surface area contributed by atoms with Crippen LogP contribution in [0.3, 0.4) is 0 Å². The molecule has 0 unspecified atom stereocenters. The number of furan rings is 1. The van der Waals surface area contributed by atoms with Crippen LogP contribution in [0, 0.1) is 0 Å². The first-order chi connectivity index (χ1) is 15.2. The van der Waals surface area contributed by atoms with E-state index in [-0.39, 0.29) is 5.76 Å². The van der Waals surface area contributed by atoms with Crippen LogP contribution in [0.1, 0.15) is 28.6 Å². The van der Waals surface area contributed by atoms with Gasteiger partial charge in [-0.25, -0.2) is 5.43 Å². The highest BCUT2D eigenvalue weighted by atomic mass is 16.5. The molecule has 1 amide bonds. The van der Waals surface area contributed by atoms with Gasteiger partial charge in [-0.3, -0.25) is 4.79 Å². The Morgan fingerprint density at radius 1 is 0.968 bits per heavy atom. The summed E-state index contributed by atoms with van der Waals surface area (Å²) >= 11 is 0. The molecule has 1 heterocycles. The minimum Gasteiger partial charge on any atom is -0.494 e. The Labute approximate surface area is 180 Å². The van der Waals surface area contributed by atoms with Gasteiger partial charge in [0.15, 0.2) is 5.76 Å². The number of nitrogens with one attached hydrogen (secondary N) is 1. The highest BCUT2D eigenvalue weighted by molar-refractivity contribution is 5.96. The number of hydrazone groups is 1. The second-order valence-electron chi connectivity index (χ2n) is 6.79. The standard InChI is InChI=1S/C25H22N2O4/c1-2-29-22-12-13-23-20(14-22)15-24(31-23)25(28)27-26-16-18-8-10-21(11-9-18)30-17-19-6-4-3-5-7-19/h3-16H,2,17H2,1H3,(H,27,28)/b26-16+. The maximum absolute atomic E-state index is 12.3. The molecular formula is C25H22N2O4. The average molecular weight is 414 g/mol. The van der Waals surface area contributed by atoms with Crippen LogP contribution in [0.15, 0.2) is 88.4 Å². The number of carbonyl (C=O) groups is 1. The van der Waals surface area contributed by atoms with Crippen molar-refractivity contribution in [2.24, 2.45) is 5.10 Å². The van der Waals surface area contributed by atoms with Gasteiger partial charge in [-0.05, 0) is 66.6 Å². The fraction of sp³-hybridized carbons (Fsp3) is 0.120. The van der Waals surface area contributed by atoms with Gasteiger partial charge in [0.25, 0.3) is 0 Å². The van der Waals surface area contributed by atoms with Crippen molar-refractivity contribution in [1.29, 1.82) is 0 Å². The number of carbonyl (C=O) groups excluding carboxylic acids is 1. The van der Waals surface area contributed by atoms with Crippen molar-refractivity contribution in [3.05, 3.63) is 95.7 Å². The second-order valence-corrected chi connectivity index (χ2v) is 6.79. The maximum Gasteiger partial charge on any atom is 0.307 e. The molecule has 0 aliphatic heterocycles. The van der Waals surface area contributed by atoms with Crippen molar-refractivity contribution in [2.45, 2.75) is 13.5 Å². The molecule has 0 spiro atoms. The Kier molecular flexibility index (Phi) is 6.28. The summed E-state index contributed by atoms with van der Waals surface area (Å²) in [6.45, 7) is 3.00. The van der Waals surface area contributed by atoms with E-state index >= 15 is 0 Å². The first kappa shape index (κ1) is 20.2. The zero-order chi connectivity index (χ0) is 21.5. The number of rotatable bonds is 8. The van der Waals surface area contributed by atoms with Crippen LogP contribution in [-0.2, 0) is 6.61 Å². The van der Waals surface area contributed by atoms with Crippen LogP contribution in [0.2, 0.25) is 0 Å². The first-order valence-corrected chi connectivity index (χ1v) is 9.98. The lowest BCUT2D eigenvalue weighted by atomic mass is 10.2. The molecule has 0 atom stereocenters. The first-order valence-electron chi connectivity index (χ1n) is 9.98. The third-order valence-corrected chi connectivity index (χ3v) is 4.53. The lowest BCUT2D eigenvalue weighted by Gasteiger charge is -2.06. The monoisotopic (exact) mass is 414 g/mol. The summed E-state index contributed by atoms with van der Waals surface area (Å²) in [5.74, 6) is 1.26. The predicted molar refractivity (Wildman–Crippen MR) is 120 cm³/mol. The fourth-order valence-corrected chi connectivity index (χ4v) is 3.00. The minimum absolute atomic E-state index is 0.186. The van der Waals surface area contributed by atoms with E-state index in [1.54, 1.807) is 18.3 Å². The molecule has 0 aliphatic carbocycles. The summed E-state index contributed by atoms with van der Waals surface area (Å²) in [6, 6.07) is 24.5. The van der Waals surface area contributed by atoms with Gasteiger partial charge >= 0.3 is 5.91 Å². The van der Waals surface area contributed by atoms with Crippen molar-refractivity contribution in [1.82, 2.24) is 5.43 Å². The van der Waals surface area contributed by atoms with Gasteiger partial charge < -0.3 is 13.9 Å². The average Bonchev–Trinajstić information content (AvgIpc) is 3.23. The van der Waals surface area contributed by atoms with Crippen LogP contribution in [0.25, 0.3) is 11.0 Å². The van der Waals surface area contributed by atoms with Gasteiger partial charge in [-0.1, -0.05) is 30.3 Å². The largest absolute Gasteiger partial charge is 0.494 e. The Balaban J connectivity index is 1.32. The van der Waals surface area contributed by atoms with Crippen LogP contribution in [-0.4, -0.2) is 18.7 Å². The van der Waals surface area contributed by atoms with Crippen LogP contribution in [0.5, 0.6) is 11.5 Å². The molecule has 6 nitrogen and oxygen atoms in total. The lowest BCUT2D eigenvalue weighted by Crippen LogP contribution is -2.16. The van der Waals surface area contributed by atoms with E-state index in [9.17, 15) is 4.79 Å². The molecule has 0 aliphatic rings. The minimum atomic E-state index is -0.423. The quantitative estimate of drug-likeness (QED) is 0.319. The Hall–Kier alpha value is -4.06. The molecule has 4 aromatic rings. The third-order valence-electron chi connectivity index (χ3n) is 4.53. The number of nitrogens with zero attached hydrogens (tertiary/aromatic N) is 1. The molecule has 0 saturated carbocycles. The highest BCUT2D eigenvalue weighted by Crippen LogP contribution is 2.24. The van der Waals surface area contributed by atoms with E-state index in [2.05, 4.69) is 10.5 Å². The molecule has 0 bridgehead atoms. The van der Waals surface area contributed by atoms with Crippen molar-refractivity contribution in [3.63, 3.8) is 0 Å². The van der Waals surface area contributed by atoms with Gasteiger partial charge in [0.05, 0.1) is 12.8 Å². The molecule has 1 aromatic heterocycles. The maximum atomic E-state index is 12.3.